The van der Waals surface area contributed by atoms with Crippen molar-refractivity contribution in [1.82, 2.24) is 0 Å². The van der Waals surface area contributed by atoms with Crippen LogP contribution in [0.15, 0.2) is 39.0 Å². The van der Waals surface area contributed by atoms with Crippen molar-refractivity contribution >= 4 is 48.7 Å². The Morgan fingerprint density at radius 3 is 2.17 bits per heavy atom. The van der Waals surface area contributed by atoms with Crippen molar-refractivity contribution in [2.75, 3.05) is 5.73 Å². The van der Waals surface area contributed by atoms with Crippen LogP contribution in [0.5, 0.6) is 0 Å². The van der Waals surface area contributed by atoms with Crippen LogP contribution < -0.4 is 11.0 Å². The van der Waals surface area contributed by atoms with Crippen molar-refractivity contribution < 1.29 is 40.6 Å². The van der Waals surface area contributed by atoms with Crippen LogP contribution in [0.2, 0.25) is 0 Å². The average molecular weight is 380 g/mol. The van der Waals surface area contributed by atoms with E-state index in [1.165, 1.54) is 12.1 Å². The fraction of sp³-hybridized carbons (Fsp3) is 0. The van der Waals surface area contributed by atoms with Gasteiger partial charge in [0.2, 0.25) is 0 Å². The molecule has 0 saturated carbocycles. The second-order valence-corrected chi connectivity index (χ2v) is 7.66. The summed E-state index contributed by atoms with van der Waals surface area (Å²) in [6.07, 6.45) is 0. The fourth-order valence-electron chi connectivity index (χ4n) is 1.90. The van der Waals surface area contributed by atoms with Gasteiger partial charge in [-0.05, 0) is 29.7 Å². The van der Waals surface area contributed by atoms with Crippen LogP contribution in [0.1, 0.15) is 0 Å². The molecule has 0 aromatic heterocycles. The number of hydrogen-bond acceptors (Lipinski definition) is 11. The van der Waals surface area contributed by atoms with E-state index in [2.05, 4.69) is 9.37 Å². The smallest absolute Gasteiger partial charge is 0.125 e. The Kier molecular flexibility index (Phi) is 4.84. The molecule has 0 fully saturated rings. The number of anilines is 1. The summed E-state index contributed by atoms with van der Waals surface area (Å²) in [7, 11) is -10.1. The van der Waals surface area contributed by atoms with Gasteiger partial charge in [0.05, 0.1) is 21.8 Å². The van der Waals surface area contributed by atoms with E-state index in [4.69, 9.17) is 5.73 Å². The standard InChI is InChI=1S/C10H9NO9S3/c11-8-3-6(21-20-19-12)1-5-2-7(22(13,14)15)4-9(10(5)8)23(16,17)18/h1-4,12H,11H2,(H,13,14,15)(H,16,17,18)/p-3. The van der Waals surface area contributed by atoms with E-state index < -0.39 is 30.0 Å². The lowest BCUT2D eigenvalue weighted by atomic mass is 10.1. The normalized spacial score (nSPS) is 12.7. The van der Waals surface area contributed by atoms with Gasteiger partial charge in [-0.15, -0.1) is 0 Å². The van der Waals surface area contributed by atoms with Crippen molar-refractivity contribution in [3.05, 3.63) is 24.3 Å². The predicted octanol–water partition coefficient (Wildman–Crippen LogP) is -0.539. The van der Waals surface area contributed by atoms with Crippen LogP contribution in [0.4, 0.5) is 5.69 Å². The van der Waals surface area contributed by atoms with E-state index in [1.54, 1.807) is 0 Å². The van der Waals surface area contributed by atoms with Gasteiger partial charge in [0.1, 0.15) is 20.2 Å². The van der Waals surface area contributed by atoms with Crippen molar-refractivity contribution in [2.45, 2.75) is 14.7 Å². The van der Waals surface area contributed by atoms with Crippen LogP contribution in [-0.2, 0) is 29.6 Å². The molecule has 0 radical (unpaired) electrons. The van der Waals surface area contributed by atoms with Crippen molar-refractivity contribution in [2.24, 2.45) is 0 Å². The lowest BCUT2D eigenvalue weighted by Crippen LogP contribution is -2.06. The molecule has 0 heterocycles. The summed E-state index contributed by atoms with van der Waals surface area (Å²) in [5, 5.41) is 12.6. The van der Waals surface area contributed by atoms with Crippen molar-refractivity contribution in [3.63, 3.8) is 0 Å². The van der Waals surface area contributed by atoms with Crippen LogP contribution in [0, 0.1) is 0 Å². The molecule has 10 nitrogen and oxygen atoms in total. The summed E-state index contributed by atoms with van der Waals surface area (Å²) < 4.78 is 71.4. The Balaban J connectivity index is 2.88. The lowest BCUT2D eigenvalue weighted by Gasteiger charge is -2.17. The van der Waals surface area contributed by atoms with Gasteiger partial charge < -0.3 is 20.1 Å². The first-order chi connectivity index (χ1) is 10.5. The molecule has 2 N–H and O–H groups in total. The van der Waals surface area contributed by atoms with Crippen LogP contribution >= 0.6 is 12.0 Å². The molecule has 0 aliphatic heterocycles. The summed E-state index contributed by atoms with van der Waals surface area (Å²) in [6, 6.07) is 3.64. The van der Waals surface area contributed by atoms with Gasteiger partial charge in [0.25, 0.3) is 0 Å². The second kappa shape index (κ2) is 6.21. The number of nitrogens with two attached hydrogens (primary N) is 1. The molecule has 2 rings (SSSR count). The summed E-state index contributed by atoms with van der Waals surface area (Å²) >= 11 is 0.406. The fourth-order valence-corrected chi connectivity index (χ4v) is 3.72. The molecular weight excluding hydrogens is 374 g/mol. The maximum Gasteiger partial charge on any atom is 0.125 e. The van der Waals surface area contributed by atoms with Crippen molar-refractivity contribution in [3.8, 4) is 0 Å². The Bertz CT molecular complexity index is 969. The summed E-state index contributed by atoms with van der Waals surface area (Å²) in [4.78, 5) is -1.72. The van der Waals surface area contributed by atoms with Gasteiger partial charge in [0.15, 0.2) is 0 Å². The molecule has 0 spiro atoms. The lowest BCUT2D eigenvalue weighted by molar-refractivity contribution is -0.777. The molecular formula is C10H6NO9S3-3. The average Bonchev–Trinajstić information content (AvgIpc) is 2.41. The summed E-state index contributed by atoms with van der Waals surface area (Å²) in [6.45, 7) is 0. The SMILES string of the molecule is Nc1cc(SOO[O-])cc2cc(S(=O)(=O)[O-])cc(S(=O)(=O)[O-])c12. The topological polar surface area (TPSA) is 182 Å². The molecule has 0 bridgehead atoms. The third-order valence-electron chi connectivity index (χ3n) is 2.71. The summed E-state index contributed by atoms with van der Waals surface area (Å²) in [5.74, 6) is 0. The van der Waals surface area contributed by atoms with E-state index >= 15 is 0 Å². The zero-order valence-electron chi connectivity index (χ0n) is 10.8. The van der Waals surface area contributed by atoms with E-state index in [9.17, 15) is 31.2 Å². The molecule has 0 aliphatic carbocycles. The van der Waals surface area contributed by atoms with E-state index in [0.29, 0.717) is 18.1 Å². The number of fused-ring (bicyclic) bond motifs is 1. The molecule has 126 valence electrons. The highest BCUT2D eigenvalue weighted by molar-refractivity contribution is 7.94. The first-order valence-corrected chi connectivity index (χ1v) is 9.02. The Hall–Kier alpha value is -1.45. The van der Waals surface area contributed by atoms with Gasteiger partial charge >= 0.3 is 0 Å². The predicted molar refractivity (Wildman–Crippen MR) is 72.3 cm³/mol. The summed E-state index contributed by atoms with van der Waals surface area (Å²) in [5.41, 5.74) is 5.46. The second-order valence-electron chi connectivity index (χ2n) is 4.16. The van der Waals surface area contributed by atoms with Gasteiger partial charge in [-0.25, -0.2) is 16.8 Å². The first-order valence-electron chi connectivity index (χ1n) is 5.46. The van der Waals surface area contributed by atoms with Crippen LogP contribution in [0.3, 0.4) is 0 Å². The molecule has 23 heavy (non-hydrogen) atoms. The zero-order chi connectivity index (χ0) is 17.4. The molecule has 0 unspecified atom stereocenters. The van der Waals surface area contributed by atoms with Crippen LogP contribution in [-0.4, -0.2) is 25.9 Å². The zero-order valence-corrected chi connectivity index (χ0v) is 13.2. The minimum absolute atomic E-state index is 0.117. The number of benzene rings is 2. The Labute approximate surface area is 134 Å². The van der Waals surface area contributed by atoms with Crippen molar-refractivity contribution in [1.29, 1.82) is 0 Å². The Morgan fingerprint density at radius 1 is 1.00 bits per heavy atom. The van der Waals surface area contributed by atoms with Gasteiger partial charge in [0, 0.05) is 16.0 Å². The molecule has 0 saturated heterocycles. The highest BCUT2D eigenvalue weighted by atomic mass is 32.2. The van der Waals surface area contributed by atoms with E-state index in [-0.39, 0.29) is 21.4 Å². The third kappa shape index (κ3) is 3.91. The monoisotopic (exact) mass is 380 g/mol. The third-order valence-corrected chi connectivity index (χ3v) is 4.93. The molecule has 2 aromatic carbocycles. The number of hydrogen-bond donors (Lipinski definition) is 1. The maximum absolute atomic E-state index is 11.3. The molecule has 0 amide bonds. The largest absolute Gasteiger partial charge is 0.744 e. The number of nitrogen functional groups attached to an aromatic ring is 1. The minimum atomic E-state index is -5.11. The molecule has 0 aliphatic rings. The van der Waals surface area contributed by atoms with Gasteiger partial charge in [-0.3, -0.25) is 5.04 Å². The Morgan fingerprint density at radius 2 is 1.65 bits per heavy atom. The van der Waals surface area contributed by atoms with Crippen LogP contribution in [0.25, 0.3) is 10.8 Å². The van der Waals surface area contributed by atoms with E-state index in [0.717, 1.165) is 6.07 Å². The van der Waals surface area contributed by atoms with Gasteiger partial charge in [-0.1, -0.05) is 0 Å². The minimum Gasteiger partial charge on any atom is -0.744 e. The molecule has 2 aromatic rings. The highest BCUT2D eigenvalue weighted by Gasteiger charge is 2.16. The molecule has 13 heteroatoms. The van der Waals surface area contributed by atoms with Gasteiger partial charge in [-0.2, -0.15) is 4.33 Å². The number of rotatable bonds is 5. The quantitative estimate of drug-likeness (QED) is 0.231. The maximum atomic E-state index is 11.3. The molecule has 0 atom stereocenters. The first kappa shape index (κ1) is 17.9. The van der Waals surface area contributed by atoms with E-state index in [1.807, 2.05) is 0 Å². The highest BCUT2D eigenvalue weighted by Crippen LogP contribution is 2.35.